The SMILES string of the molecule is CC(C(=O)NCCc1c[nH]c2ccccc12)N1CCC(C(=O)N2CCOCC2)CC1. The molecule has 0 spiro atoms. The van der Waals surface area contributed by atoms with Gasteiger partial charge >= 0.3 is 0 Å². The summed E-state index contributed by atoms with van der Waals surface area (Å²) in [5.74, 6) is 0.401. The van der Waals surface area contributed by atoms with Gasteiger partial charge < -0.3 is 19.9 Å². The van der Waals surface area contributed by atoms with Gasteiger partial charge in [-0.1, -0.05) is 18.2 Å². The van der Waals surface area contributed by atoms with Gasteiger partial charge in [0, 0.05) is 42.7 Å². The minimum atomic E-state index is -0.174. The lowest BCUT2D eigenvalue weighted by molar-refractivity contribution is -0.141. The molecule has 3 heterocycles. The first-order valence-corrected chi connectivity index (χ1v) is 11.1. The lowest BCUT2D eigenvalue weighted by Crippen LogP contribution is -2.51. The highest BCUT2D eigenvalue weighted by Gasteiger charge is 2.32. The van der Waals surface area contributed by atoms with E-state index >= 15 is 0 Å². The molecule has 2 saturated heterocycles. The van der Waals surface area contributed by atoms with E-state index in [0.717, 1.165) is 37.9 Å². The van der Waals surface area contributed by atoms with Crippen LogP contribution in [0.25, 0.3) is 10.9 Å². The summed E-state index contributed by atoms with van der Waals surface area (Å²) in [7, 11) is 0. The summed E-state index contributed by atoms with van der Waals surface area (Å²) in [6.07, 6.45) is 4.47. The van der Waals surface area contributed by atoms with Crippen LogP contribution in [0.3, 0.4) is 0 Å². The van der Waals surface area contributed by atoms with Crippen LogP contribution in [0.1, 0.15) is 25.3 Å². The number of carbonyl (C=O) groups excluding carboxylic acids is 2. The molecule has 1 aromatic carbocycles. The van der Waals surface area contributed by atoms with Crippen LogP contribution in [0.2, 0.25) is 0 Å². The third kappa shape index (κ3) is 4.68. The fourth-order valence-electron chi connectivity index (χ4n) is 4.55. The smallest absolute Gasteiger partial charge is 0.237 e. The monoisotopic (exact) mass is 412 g/mol. The van der Waals surface area contributed by atoms with E-state index in [4.69, 9.17) is 4.74 Å². The summed E-state index contributed by atoms with van der Waals surface area (Å²) in [5, 5.41) is 4.30. The second-order valence-corrected chi connectivity index (χ2v) is 8.32. The van der Waals surface area contributed by atoms with E-state index in [1.807, 2.05) is 30.2 Å². The molecular weight excluding hydrogens is 380 g/mol. The summed E-state index contributed by atoms with van der Waals surface area (Å²) in [4.78, 5) is 32.7. The molecule has 2 aliphatic rings. The van der Waals surface area contributed by atoms with Crippen molar-refractivity contribution in [2.24, 2.45) is 5.92 Å². The van der Waals surface area contributed by atoms with Gasteiger partial charge in [-0.05, 0) is 50.9 Å². The van der Waals surface area contributed by atoms with Gasteiger partial charge in [-0.15, -0.1) is 0 Å². The largest absolute Gasteiger partial charge is 0.378 e. The zero-order valence-electron chi connectivity index (χ0n) is 17.7. The number of aromatic amines is 1. The number of amides is 2. The Bertz CT molecular complexity index is 866. The number of hydrogen-bond donors (Lipinski definition) is 2. The number of morpholine rings is 1. The first-order valence-electron chi connectivity index (χ1n) is 11.1. The van der Waals surface area contributed by atoms with Crippen molar-refractivity contribution >= 4 is 22.7 Å². The highest BCUT2D eigenvalue weighted by atomic mass is 16.5. The number of nitrogens with one attached hydrogen (secondary N) is 2. The van der Waals surface area contributed by atoms with Crippen molar-refractivity contribution in [2.75, 3.05) is 45.9 Å². The van der Waals surface area contributed by atoms with E-state index < -0.39 is 0 Å². The van der Waals surface area contributed by atoms with Gasteiger partial charge in [-0.2, -0.15) is 0 Å². The van der Waals surface area contributed by atoms with Crippen LogP contribution in [-0.2, 0) is 20.7 Å². The molecule has 1 atom stereocenters. The number of para-hydroxylation sites is 1. The van der Waals surface area contributed by atoms with Gasteiger partial charge in [-0.25, -0.2) is 0 Å². The third-order valence-corrected chi connectivity index (χ3v) is 6.50. The van der Waals surface area contributed by atoms with Crippen molar-refractivity contribution in [2.45, 2.75) is 32.2 Å². The number of carbonyl (C=O) groups is 2. The zero-order chi connectivity index (χ0) is 20.9. The molecule has 2 N–H and O–H groups in total. The number of piperidine rings is 1. The van der Waals surface area contributed by atoms with E-state index in [1.165, 1.54) is 10.9 Å². The molecule has 2 fully saturated rings. The molecule has 162 valence electrons. The van der Waals surface area contributed by atoms with E-state index in [1.54, 1.807) is 0 Å². The number of aromatic nitrogens is 1. The molecule has 2 aromatic rings. The summed E-state index contributed by atoms with van der Waals surface area (Å²) < 4.78 is 5.34. The van der Waals surface area contributed by atoms with Crippen LogP contribution in [0.5, 0.6) is 0 Å². The Labute approximate surface area is 177 Å². The lowest BCUT2D eigenvalue weighted by Gasteiger charge is -2.37. The Morgan fingerprint density at radius 2 is 1.90 bits per heavy atom. The van der Waals surface area contributed by atoms with Gasteiger partial charge in [0.2, 0.25) is 11.8 Å². The van der Waals surface area contributed by atoms with Crippen LogP contribution in [0.15, 0.2) is 30.5 Å². The number of fused-ring (bicyclic) bond motifs is 1. The number of hydrogen-bond acceptors (Lipinski definition) is 4. The molecule has 30 heavy (non-hydrogen) atoms. The second kappa shape index (κ2) is 9.62. The highest BCUT2D eigenvalue weighted by molar-refractivity contribution is 5.84. The van der Waals surface area contributed by atoms with Crippen molar-refractivity contribution in [1.29, 1.82) is 0 Å². The van der Waals surface area contributed by atoms with Crippen molar-refractivity contribution in [3.05, 3.63) is 36.0 Å². The van der Waals surface area contributed by atoms with Gasteiger partial charge in [0.1, 0.15) is 0 Å². The van der Waals surface area contributed by atoms with E-state index in [9.17, 15) is 9.59 Å². The number of benzene rings is 1. The number of nitrogens with zero attached hydrogens (tertiary/aromatic N) is 2. The lowest BCUT2D eigenvalue weighted by atomic mass is 9.94. The Morgan fingerprint density at radius 1 is 1.17 bits per heavy atom. The third-order valence-electron chi connectivity index (χ3n) is 6.50. The summed E-state index contributed by atoms with van der Waals surface area (Å²) in [6.45, 7) is 6.85. The van der Waals surface area contributed by atoms with E-state index in [2.05, 4.69) is 27.3 Å². The maximum atomic E-state index is 12.7. The first-order chi connectivity index (χ1) is 14.6. The first kappa shape index (κ1) is 20.9. The molecule has 2 aliphatic heterocycles. The topological polar surface area (TPSA) is 77.7 Å². The van der Waals surface area contributed by atoms with Gasteiger partial charge in [0.05, 0.1) is 19.3 Å². The molecule has 0 radical (unpaired) electrons. The Balaban J connectivity index is 1.21. The van der Waals surface area contributed by atoms with Crippen LogP contribution >= 0.6 is 0 Å². The van der Waals surface area contributed by atoms with Crippen LogP contribution < -0.4 is 5.32 Å². The molecular formula is C23H32N4O3. The van der Waals surface area contributed by atoms with Gasteiger partial charge in [0.25, 0.3) is 0 Å². The highest BCUT2D eigenvalue weighted by Crippen LogP contribution is 2.22. The van der Waals surface area contributed by atoms with Crippen molar-refractivity contribution in [3.63, 3.8) is 0 Å². The molecule has 4 rings (SSSR count). The maximum absolute atomic E-state index is 12.7. The van der Waals surface area contributed by atoms with Crippen molar-refractivity contribution in [1.82, 2.24) is 20.1 Å². The van der Waals surface area contributed by atoms with Gasteiger partial charge in [-0.3, -0.25) is 14.5 Å². The molecule has 0 saturated carbocycles. The van der Waals surface area contributed by atoms with Crippen molar-refractivity contribution in [3.8, 4) is 0 Å². The summed E-state index contributed by atoms with van der Waals surface area (Å²) in [6, 6.07) is 8.05. The molecule has 0 aliphatic carbocycles. The quantitative estimate of drug-likeness (QED) is 0.758. The predicted molar refractivity (Wildman–Crippen MR) is 116 cm³/mol. The maximum Gasteiger partial charge on any atom is 0.237 e. The summed E-state index contributed by atoms with van der Waals surface area (Å²) in [5.41, 5.74) is 2.35. The number of H-pyrrole nitrogens is 1. The standard InChI is InChI=1S/C23H32N4O3/c1-17(22(28)24-9-6-19-16-25-21-5-3-2-4-20(19)21)26-10-7-18(8-11-26)23(29)27-12-14-30-15-13-27/h2-5,16-18,25H,6-15H2,1H3,(H,24,28). The number of ether oxygens (including phenoxy) is 1. The van der Waals surface area contributed by atoms with E-state index in [-0.39, 0.29) is 23.8 Å². The number of likely N-dealkylation sites (tertiary alicyclic amines) is 1. The van der Waals surface area contributed by atoms with Crippen LogP contribution in [-0.4, -0.2) is 78.6 Å². The molecule has 7 nitrogen and oxygen atoms in total. The average Bonchev–Trinajstić information content (AvgIpc) is 3.22. The normalized spacial score (nSPS) is 19.7. The minimum absolute atomic E-state index is 0.0628. The Hall–Kier alpha value is -2.38. The Morgan fingerprint density at radius 3 is 2.67 bits per heavy atom. The fourth-order valence-corrected chi connectivity index (χ4v) is 4.55. The molecule has 7 heteroatoms. The van der Waals surface area contributed by atoms with E-state index in [0.29, 0.717) is 32.8 Å². The average molecular weight is 413 g/mol. The molecule has 1 aromatic heterocycles. The zero-order valence-corrected chi connectivity index (χ0v) is 17.7. The number of rotatable bonds is 6. The second-order valence-electron chi connectivity index (χ2n) is 8.32. The minimum Gasteiger partial charge on any atom is -0.378 e. The fraction of sp³-hybridized carbons (Fsp3) is 0.565. The molecule has 2 amide bonds. The van der Waals surface area contributed by atoms with Crippen LogP contribution in [0.4, 0.5) is 0 Å². The molecule has 1 unspecified atom stereocenters. The van der Waals surface area contributed by atoms with Crippen LogP contribution in [0, 0.1) is 5.92 Å². The summed E-state index contributed by atoms with van der Waals surface area (Å²) >= 11 is 0. The van der Waals surface area contributed by atoms with Gasteiger partial charge in [0.15, 0.2) is 0 Å². The Kier molecular flexibility index (Phi) is 6.69. The van der Waals surface area contributed by atoms with Crippen molar-refractivity contribution < 1.29 is 14.3 Å². The predicted octanol–water partition coefficient (Wildman–Crippen LogP) is 1.79. The molecule has 0 bridgehead atoms.